The topological polar surface area (TPSA) is 47.4 Å². The normalized spacial score (nSPS) is 16.7. The molecule has 5 nitrogen and oxygen atoms in total. The average molecular weight is 347 g/mol. The Labute approximate surface area is 152 Å². The van der Waals surface area contributed by atoms with Gasteiger partial charge in [0.05, 0.1) is 19.5 Å². The maximum Gasteiger partial charge on any atom is 0.254 e. The van der Waals surface area contributed by atoms with Crippen LogP contribution < -0.4 is 4.74 Å². The molecule has 1 unspecified atom stereocenters. The standard InChI is InChI=1S/C21H21N3O2/c1-26-19-5-2-4-17(14-19)20-6-3-12-24(20)21(25)16-7-9-18(10-8-16)23-13-11-22-15-23/h2,4-5,7-11,13-15,20H,3,6,12H2,1H3. The van der Waals surface area contributed by atoms with E-state index in [9.17, 15) is 4.79 Å². The molecule has 1 aliphatic rings. The lowest BCUT2D eigenvalue weighted by atomic mass is 10.0. The van der Waals surface area contributed by atoms with E-state index in [0.29, 0.717) is 5.56 Å². The summed E-state index contributed by atoms with van der Waals surface area (Å²) in [6.45, 7) is 0.782. The lowest BCUT2D eigenvalue weighted by Gasteiger charge is -2.25. The highest BCUT2D eigenvalue weighted by Crippen LogP contribution is 2.34. The zero-order valence-electron chi connectivity index (χ0n) is 14.7. The van der Waals surface area contributed by atoms with Crippen LogP contribution in [0.25, 0.3) is 5.69 Å². The average Bonchev–Trinajstić information content (AvgIpc) is 3.39. The van der Waals surface area contributed by atoms with Crippen molar-refractivity contribution in [1.29, 1.82) is 0 Å². The number of hydrogen-bond donors (Lipinski definition) is 0. The van der Waals surface area contributed by atoms with Gasteiger partial charge in [-0.2, -0.15) is 0 Å². The first-order valence-corrected chi connectivity index (χ1v) is 8.79. The number of hydrogen-bond acceptors (Lipinski definition) is 3. The van der Waals surface area contributed by atoms with E-state index >= 15 is 0 Å². The van der Waals surface area contributed by atoms with Gasteiger partial charge in [0.1, 0.15) is 5.75 Å². The van der Waals surface area contributed by atoms with Crippen LogP contribution in [0.3, 0.4) is 0 Å². The first-order valence-electron chi connectivity index (χ1n) is 8.79. The Hall–Kier alpha value is -3.08. The van der Waals surface area contributed by atoms with E-state index in [-0.39, 0.29) is 11.9 Å². The highest BCUT2D eigenvalue weighted by molar-refractivity contribution is 5.94. The molecule has 1 saturated heterocycles. The summed E-state index contributed by atoms with van der Waals surface area (Å²) in [4.78, 5) is 19.1. The van der Waals surface area contributed by atoms with Crippen molar-refractivity contribution in [1.82, 2.24) is 14.5 Å². The summed E-state index contributed by atoms with van der Waals surface area (Å²) >= 11 is 0. The lowest BCUT2D eigenvalue weighted by molar-refractivity contribution is 0.0735. The summed E-state index contributed by atoms with van der Waals surface area (Å²) < 4.78 is 7.25. The molecular weight excluding hydrogens is 326 g/mol. The van der Waals surface area contributed by atoms with Crippen molar-refractivity contribution in [3.8, 4) is 11.4 Å². The molecule has 3 aromatic rings. The van der Waals surface area contributed by atoms with Gasteiger partial charge in [0.2, 0.25) is 0 Å². The summed E-state index contributed by atoms with van der Waals surface area (Å²) in [6.07, 6.45) is 7.36. The van der Waals surface area contributed by atoms with Crippen LogP contribution >= 0.6 is 0 Å². The molecule has 2 aromatic carbocycles. The number of likely N-dealkylation sites (tertiary alicyclic amines) is 1. The third kappa shape index (κ3) is 3.08. The number of nitrogens with zero attached hydrogens (tertiary/aromatic N) is 3. The second-order valence-electron chi connectivity index (χ2n) is 6.45. The lowest BCUT2D eigenvalue weighted by Crippen LogP contribution is -2.30. The first kappa shape index (κ1) is 16.4. The van der Waals surface area contributed by atoms with Crippen LogP contribution in [0.4, 0.5) is 0 Å². The van der Waals surface area contributed by atoms with Crippen molar-refractivity contribution in [2.75, 3.05) is 13.7 Å². The van der Waals surface area contributed by atoms with Crippen molar-refractivity contribution in [2.24, 2.45) is 0 Å². The molecule has 26 heavy (non-hydrogen) atoms. The van der Waals surface area contributed by atoms with Crippen LogP contribution in [0.2, 0.25) is 0 Å². The van der Waals surface area contributed by atoms with E-state index < -0.39 is 0 Å². The van der Waals surface area contributed by atoms with E-state index in [2.05, 4.69) is 11.1 Å². The number of amides is 1. The van der Waals surface area contributed by atoms with Gasteiger partial charge in [-0.15, -0.1) is 0 Å². The SMILES string of the molecule is COc1cccc(C2CCCN2C(=O)c2ccc(-n3ccnc3)cc2)c1. The molecule has 1 aromatic heterocycles. The van der Waals surface area contributed by atoms with Gasteiger partial charge < -0.3 is 14.2 Å². The van der Waals surface area contributed by atoms with Crippen LogP contribution in [0, 0.1) is 0 Å². The number of rotatable bonds is 4. The van der Waals surface area contributed by atoms with E-state index in [1.807, 2.05) is 58.1 Å². The van der Waals surface area contributed by atoms with Crippen LogP contribution in [-0.4, -0.2) is 34.0 Å². The van der Waals surface area contributed by atoms with Gasteiger partial charge in [0.15, 0.2) is 0 Å². The summed E-state index contributed by atoms with van der Waals surface area (Å²) in [5.41, 5.74) is 2.83. The highest BCUT2D eigenvalue weighted by Gasteiger charge is 2.30. The third-order valence-electron chi connectivity index (χ3n) is 4.91. The monoisotopic (exact) mass is 347 g/mol. The van der Waals surface area contributed by atoms with Crippen molar-refractivity contribution in [3.05, 3.63) is 78.4 Å². The Kier molecular flexibility index (Phi) is 4.44. The fraction of sp³-hybridized carbons (Fsp3) is 0.238. The highest BCUT2D eigenvalue weighted by atomic mass is 16.5. The molecule has 0 saturated carbocycles. The Morgan fingerprint density at radius 3 is 2.77 bits per heavy atom. The summed E-state index contributed by atoms with van der Waals surface area (Å²) in [7, 11) is 1.67. The number of carbonyl (C=O) groups is 1. The molecule has 1 atom stereocenters. The molecule has 0 N–H and O–H groups in total. The predicted molar refractivity (Wildman–Crippen MR) is 99.6 cm³/mol. The molecule has 1 amide bonds. The van der Waals surface area contributed by atoms with Crippen LogP contribution in [0.5, 0.6) is 5.75 Å². The fourth-order valence-corrected chi connectivity index (χ4v) is 3.56. The molecule has 2 heterocycles. The molecule has 0 spiro atoms. The summed E-state index contributed by atoms with van der Waals surface area (Å²) in [5.74, 6) is 0.902. The number of ether oxygens (including phenoxy) is 1. The molecule has 4 rings (SSSR count). The van der Waals surface area contributed by atoms with Crippen molar-refractivity contribution in [2.45, 2.75) is 18.9 Å². The van der Waals surface area contributed by atoms with Crippen molar-refractivity contribution >= 4 is 5.91 Å². The molecule has 5 heteroatoms. The zero-order valence-corrected chi connectivity index (χ0v) is 14.7. The van der Waals surface area contributed by atoms with Crippen LogP contribution in [0.15, 0.2) is 67.3 Å². The van der Waals surface area contributed by atoms with Crippen LogP contribution in [0.1, 0.15) is 34.8 Å². The Bertz CT molecular complexity index is 888. The van der Waals surface area contributed by atoms with Gasteiger partial charge in [-0.1, -0.05) is 12.1 Å². The largest absolute Gasteiger partial charge is 0.497 e. The van der Waals surface area contributed by atoms with Gasteiger partial charge in [-0.05, 0) is 54.8 Å². The second-order valence-corrected chi connectivity index (χ2v) is 6.45. The minimum absolute atomic E-state index is 0.0764. The van der Waals surface area contributed by atoms with E-state index in [0.717, 1.165) is 36.4 Å². The van der Waals surface area contributed by atoms with Gasteiger partial charge in [0.25, 0.3) is 5.91 Å². The minimum Gasteiger partial charge on any atom is -0.497 e. The molecule has 1 fully saturated rings. The Balaban J connectivity index is 1.56. The number of aromatic nitrogens is 2. The third-order valence-corrected chi connectivity index (χ3v) is 4.91. The number of carbonyl (C=O) groups excluding carboxylic acids is 1. The van der Waals surface area contributed by atoms with Crippen LogP contribution in [-0.2, 0) is 0 Å². The van der Waals surface area contributed by atoms with Gasteiger partial charge >= 0.3 is 0 Å². The van der Waals surface area contributed by atoms with Crippen molar-refractivity contribution < 1.29 is 9.53 Å². The number of methoxy groups -OCH3 is 1. The fourth-order valence-electron chi connectivity index (χ4n) is 3.56. The van der Waals surface area contributed by atoms with Gasteiger partial charge in [0, 0.05) is 30.2 Å². The molecule has 0 aliphatic carbocycles. The molecule has 132 valence electrons. The first-order chi connectivity index (χ1) is 12.8. The molecule has 1 aliphatic heterocycles. The summed E-state index contributed by atoms with van der Waals surface area (Å²) in [5, 5.41) is 0. The Morgan fingerprint density at radius 1 is 1.19 bits per heavy atom. The number of benzene rings is 2. The van der Waals surface area contributed by atoms with Gasteiger partial charge in [-0.25, -0.2) is 4.98 Å². The van der Waals surface area contributed by atoms with E-state index in [1.165, 1.54) is 0 Å². The molecular formula is C21H21N3O2. The van der Waals surface area contributed by atoms with Gasteiger partial charge in [-0.3, -0.25) is 4.79 Å². The molecule has 0 bridgehead atoms. The smallest absolute Gasteiger partial charge is 0.254 e. The van der Waals surface area contributed by atoms with E-state index in [1.54, 1.807) is 19.6 Å². The Morgan fingerprint density at radius 2 is 2.04 bits per heavy atom. The number of imidazole rings is 1. The van der Waals surface area contributed by atoms with Crippen molar-refractivity contribution in [3.63, 3.8) is 0 Å². The zero-order chi connectivity index (χ0) is 17.9. The second kappa shape index (κ2) is 7.04. The predicted octanol–water partition coefficient (Wildman–Crippen LogP) is 3.86. The maximum atomic E-state index is 13.1. The quantitative estimate of drug-likeness (QED) is 0.720. The van der Waals surface area contributed by atoms with E-state index in [4.69, 9.17) is 4.74 Å². The maximum absolute atomic E-state index is 13.1. The summed E-state index contributed by atoms with van der Waals surface area (Å²) in [6, 6.07) is 15.8. The minimum atomic E-state index is 0.0764. The molecule has 0 radical (unpaired) electrons.